The van der Waals surface area contributed by atoms with E-state index in [0.29, 0.717) is 42.9 Å². The van der Waals surface area contributed by atoms with Crippen molar-refractivity contribution in [3.05, 3.63) is 47.3 Å². The van der Waals surface area contributed by atoms with E-state index in [2.05, 4.69) is 15.0 Å². The smallest absolute Gasteiger partial charge is 0.417 e. The molecule has 10 heteroatoms. The molecular weight excluding hydrogens is 360 g/mol. The fraction of sp³-hybridized carbons (Fsp3) is 0.312. The number of ether oxygens (including phenoxy) is 1. The van der Waals surface area contributed by atoms with Crippen molar-refractivity contribution in [2.75, 3.05) is 13.1 Å². The Balaban J connectivity index is 1.47. The van der Waals surface area contributed by atoms with Crippen LogP contribution in [0.1, 0.15) is 12.8 Å². The van der Waals surface area contributed by atoms with E-state index in [1.807, 2.05) is 0 Å². The van der Waals surface area contributed by atoms with Crippen LogP contribution in [0.4, 0.5) is 0 Å². The maximum Gasteiger partial charge on any atom is 0.417 e. The highest BCUT2D eigenvalue weighted by atomic mass is 32.2. The Morgan fingerprint density at radius 3 is 2.77 bits per heavy atom. The third-order valence-electron chi connectivity index (χ3n) is 4.27. The number of sulfonamides is 1. The summed E-state index contributed by atoms with van der Waals surface area (Å²) in [4.78, 5) is 21.7. The Labute approximate surface area is 148 Å². The molecule has 1 aromatic carbocycles. The Hall–Kier alpha value is -2.72. The molecular formula is C16H16N4O5S. The van der Waals surface area contributed by atoms with Crippen LogP contribution in [0.5, 0.6) is 5.88 Å². The Morgan fingerprint density at radius 2 is 2.04 bits per heavy atom. The van der Waals surface area contributed by atoms with Gasteiger partial charge in [-0.25, -0.2) is 23.2 Å². The Kier molecular flexibility index (Phi) is 4.21. The van der Waals surface area contributed by atoms with Crippen LogP contribution in [0.15, 0.2) is 50.9 Å². The molecule has 3 heterocycles. The Morgan fingerprint density at radius 1 is 1.23 bits per heavy atom. The lowest BCUT2D eigenvalue weighted by atomic mass is 10.1. The number of fused-ring (bicyclic) bond motifs is 1. The third-order valence-corrected chi connectivity index (χ3v) is 6.17. The second-order valence-corrected chi connectivity index (χ2v) is 7.88. The molecule has 1 aliphatic heterocycles. The minimum absolute atomic E-state index is 0.0935. The summed E-state index contributed by atoms with van der Waals surface area (Å²) in [6, 6.07) is 6.01. The van der Waals surface area contributed by atoms with E-state index >= 15 is 0 Å². The number of rotatable bonds is 4. The molecule has 1 N–H and O–H groups in total. The summed E-state index contributed by atoms with van der Waals surface area (Å²) in [5.41, 5.74) is 0.684. The standard InChI is InChI=1S/C16H16N4O5S/c21-16-19-13-9-12(1-2-14(13)25-16)26(22,23)20-7-4-11(5-8-20)24-15-3-6-17-10-18-15/h1-3,6,9-11H,4-5,7-8H2,(H,19,21). The van der Waals surface area contributed by atoms with Crippen molar-refractivity contribution in [1.82, 2.24) is 19.3 Å². The third kappa shape index (κ3) is 3.20. The SMILES string of the molecule is O=c1[nH]c2cc(S(=O)(=O)N3CCC(Oc4ccncn4)CC3)ccc2o1. The molecule has 1 fully saturated rings. The van der Waals surface area contributed by atoms with Gasteiger partial charge in [-0.2, -0.15) is 4.31 Å². The van der Waals surface area contributed by atoms with Gasteiger partial charge in [0.1, 0.15) is 12.4 Å². The van der Waals surface area contributed by atoms with Crippen LogP contribution in [0.2, 0.25) is 0 Å². The van der Waals surface area contributed by atoms with E-state index in [1.54, 1.807) is 12.3 Å². The van der Waals surface area contributed by atoms with Gasteiger partial charge in [-0.3, -0.25) is 4.98 Å². The van der Waals surface area contributed by atoms with E-state index < -0.39 is 15.8 Å². The number of benzene rings is 1. The Bertz CT molecular complexity index is 1070. The zero-order valence-corrected chi connectivity index (χ0v) is 14.5. The van der Waals surface area contributed by atoms with E-state index in [4.69, 9.17) is 9.15 Å². The van der Waals surface area contributed by atoms with E-state index in [-0.39, 0.29) is 11.0 Å². The zero-order valence-electron chi connectivity index (χ0n) is 13.7. The van der Waals surface area contributed by atoms with Gasteiger partial charge in [0, 0.05) is 25.4 Å². The van der Waals surface area contributed by atoms with Gasteiger partial charge in [-0.05, 0) is 31.0 Å². The molecule has 136 valence electrons. The number of H-pyrrole nitrogens is 1. The quantitative estimate of drug-likeness (QED) is 0.725. The molecule has 0 bridgehead atoms. The fourth-order valence-corrected chi connectivity index (χ4v) is 4.45. The lowest BCUT2D eigenvalue weighted by Crippen LogP contribution is -2.41. The number of nitrogens with zero attached hydrogens (tertiary/aromatic N) is 3. The number of aromatic amines is 1. The second kappa shape index (κ2) is 6.54. The molecule has 0 amide bonds. The van der Waals surface area contributed by atoms with Crippen molar-refractivity contribution < 1.29 is 17.6 Å². The molecule has 0 aliphatic carbocycles. The molecule has 4 rings (SSSR count). The first-order chi connectivity index (χ1) is 12.5. The van der Waals surface area contributed by atoms with Crippen LogP contribution >= 0.6 is 0 Å². The van der Waals surface area contributed by atoms with Gasteiger partial charge in [0.2, 0.25) is 15.9 Å². The highest BCUT2D eigenvalue weighted by molar-refractivity contribution is 7.89. The highest BCUT2D eigenvalue weighted by Gasteiger charge is 2.30. The average Bonchev–Trinajstić information content (AvgIpc) is 3.02. The lowest BCUT2D eigenvalue weighted by molar-refractivity contribution is 0.129. The summed E-state index contributed by atoms with van der Waals surface area (Å²) in [7, 11) is -3.65. The number of nitrogens with one attached hydrogen (secondary N) is 1. The number of hydrogen-bond acceptors (Lipinski definition) is 7. The van der Waals surface area contributed by atoms with E-state index in [1.165, 1.54) is 28.8 Å². The molecule has 0 saturated carbocycles. The predicted molar refractivity (Wildman–Crippen MR) is 91.3 cm³/mol. The molecule has 1 aliphatic rings. The molecule has 0 atom stereocenters. The van der Waals surface area contributed by atoms with Crippen LogP contribution in [0.25, 0.3) is 11.1 Å². The van der Waals surface area contributed by atoms with Crippen LogP contribution in [-0.4, -0.2) is 46.9 Å². The fourth-order valence-electron chi connectivity index (χ4n) is 2.95. The molecule has 1 saturated heterocycles. The van der Waals surface area contributed by atoms with Gasteiger partial charge in [-0.1, -0.05) is 0 Å². The molecule has 0 spiro atoms. The van der Waals surface area contributed by atoms with Crippen molar-refractivity contribution in [3.8, 4) is 5.88 Å². The number of hydrogen-bond donors (Lipinski definition) is 1. The molecule has 3 aromatic rings. The minimum atomic E-state index is -3.65. The van der Waals surface area contributed by atoms with Crippen molar-refractivity contribution in [2.45, 2.75) is 23.8 Å². The molecule has 9 nitrogen and oxygen atoms in total. The van der Waals surface area contributed by atoms with Gasteiger partial charge >= 0.3 is 5.76 Å². The summed E-state index contributed by atoms with van der Waals surface area (Å²) < 4.78 is 37.8. The van der Waals surface area contributed by atoms with Crippen molar-refractivity contribution in [3.63, 3.8) is 0 Å². The summed E-state index contributed by atoms with van der Waals surface area (Å²) in [5, 5.41) is 0. The summed E-state index contributed by atoms with van der Waals surface area (Å²) in [5.74, 6) is -0.132. The van der Waals surface area contributed by atoms with Crippen LogP contribution < -0.4 is 10.5 Å². The van der Waals surface area contributed by atoms with Gasteiger partial charge < -0.3 is 9.15 Å². The van der Waals surface area contributed by atoms with E-state index in [9.17, 15) is 13.2 Å². The monoisotopic (exact) mass is 376 g/mol. The van der Waals surface area contributed by atoms with Crippen molar-refractivity contribution in [2.24, 2.45) is 0 Å². The molecule has 0 unspecified atom stereocenters. The van der Waals surface area contributed by atoms with Gasteiger partial charge in [-0.15, -0.1) is 0 Å². The lowest BCUT2D eigenvalue weighted by Gasteiger charge is -2.31. The second-order valence-electron chi connectivity index (χ2n) is 5.94. The molecule has 0 radical (unpaired) electrons. The highest BCUT2D eigenvalue weighted by Crippen LogP contribution is 2.24. The van der Waals surface area contributed by atoms with Crippen LogP contribution in [0.3, 0.4) is 0 Å². The van der Waals surface area contributed by atoms with Crippen LogP contribution in [-0.2, 0) is 10.0 Å². The largest absolute Gasteiger partial charge is 0.474 e. The zero-order chi connectivity index (χ0) is 18.1. The van der Waals surface area contributed by atoms with Gasteiger partial charge in [0.15, 0.2) is 5.58 Å². The van der Waals surface area contributed by atoms with Crippen LogP contribution in [0, 0.1) is 0 Å². The van der Waals surface area contributed by atoms with Gasteiger partial charge in [0.05, 0.1) is 10.4 Å². The van der Waals surface area contributed by atoms with Gasteiger partial charge in [0.25, 0.3) is 0 Å². The van der Waals surface area contributed by atoms with Crippen molar-refractivity contribution in [1.29, 1.82) is 0 Å². The summed E-state index contributed by atoms with van der Waals surface area (Å²) >= 11 is 0. The first-order valence-corrected chi connectivity index (χ1v) is 9.52. The maximum atomic E-state index is 12.8. The summed E-state index contributed by atoms with van der Waals surface area (Å²) in [6.45, 7) is 0.691. The topological polar surface area (TPSA) is 118 Å². The number of oxazole rings is 1. The predicted octanol–water partition coefficient (Wildman–Crippen LogP) is 1.14. The number of aromatic nitrogens is 3. The number of piperidine rings is 1. The molecule has 2 aromatic heterocycles. The maximum absolute atomic E-state index is 12.8. The average molecular weight is 376 g/mol. The first kappa shape index (κ1) is 16.7. The summed E-state index contributed by atoms with van der Waals surface area (Å²) in [6.07, 6.45) is 4.04. The van der Waals surface area contributed by atoms with Crippen molar-refractivity contribution >= 4 is 21.1 Å². The normalized spacial score (nSPS) is 16.8. The van der Waals surface area contributed by atoms with E-state index in [0.717, 1.165) is 0 Å². The minimum Gasteiger partial charge on any atom is -0.474 e. The molecule has 26 heavy (non-hydrogen) atoms. The first-order valence-electron chi connectivity index (χ1n) is 8.08.